The van der Waals surface area contributed by atoms with E-state index in [2.05, 4.69) is 23.9 Å². The predicted octanol–water partition coefficient (Wildman–Crippen LogP) is 2.74. The molecule has 6 heteroatoms. The molecule has 0 unspecified atom stereocenters. The lowest BCUT2D eigenvalue weighted by Crippen LogP contribution is -2.48. The number of nitrogens with one attached hydrogen (secondary N) is 2. The van der Waals surface area contributed by atoms with Crippen molar-refractivity contribution in [1.29, 1.82) is 0 Å². The lowest BCUT2D eigenvalue weighted by Gasteiger charge is -2.19. The van der Waals surface area contributed by atoms with Gasteiger partial charge in [0.05, 0.1) is 4.90 Å². The number of sulfonamides is 1. The van der Waals surface area contributed by atoms with Crippen molar-refractivity contribution in [3.05, 3.63) is 66.2 Å². The SMILES string of the molecule is CC(C)CCNC(=O)[C@@H](Cc1ccccc1)NS(=O)(=O)c1ccccc1. The highest BCUT2D eigenvalue weighted by molar-refractivity contribution is 7.89. The Labute approximate surface area is 155 Å². The van der Waals surface area contributed by atoms with Crippen LogP contribution in [0.2, 0.25) is 0 Å². The molecule has 1 amide bonds. The molecule has 0 aliphatic rings. The van der Waals surface area contributed by atoms with Gasteiger partial charge in [-0.3, -0.25) is 4.79 Å². The molecule has 0 fully saturated rings. The van der Waals surface area contributed by atoms with E-state index in [1.165, 1.54) is 12.1 Å². The average Bonchev–Trinajstić information content (AvgIpc) is 2.62. The molecule has 2 rings (SSSR count). The fourth-order valence-electron chi connectivity index (χ4n) is 2.50. The minimum absolute atomic E-state index is 0.146. The molecule has 0 aromatic heterocycles. The second-order valence-corrected chi connectivity index (χ2v) is 8.36. The summed E-state index contributed by atoms with van der Waals surface area (Å²) in [4.78, 5) is 12.7. The highest BCUT2D eigenvalue weighted by Gasteiger charge is 2.25. The van der Waals surface area contributed by atoms with Crippen LogP contribution in [0.3, 0.4) is 0 Å². The second kappa shape index (κ2) is 9.50. The third kappa shape index (κ3) is 6.28. The first-order valence-corrected chi connectivity index (χ1v) is 10.3. The minimum Gasteiger partial charge on any atom is -0.355 e. The monoisotopic (exact) mass is 374 g/mol. The van der Waals surface area contributed by atoms with Gasteiger partial charge in [0.2, 0.25) is 15.9 Å². The lowest BCUT2D eigenvalue weighted by atomic mass is 10.1. The van der Waals surface area contributed by atoms with E-state index in [1.807, 2.05) is 30.3 Å². The summed E-state index contributed by atoms with van der Waals surface area (Å²) in [5.41, 5.74) is 0.896. The van der Waals surface area contributed by atoms with Gasteiger partial charge in [0.15, 0.2) is 0 Å². The normalized spacial score (nSPS) is 12.7. The van der Waals surface area contributed by atoms with Gasteiger partial charge in [-0.1, -0.05) is 62.4 Å². The Hall–Kier alpha value is -2.18. The van der Waals surface area contributed by atoms with Crippen LogP contribution in [0.1, 0.15) is 25.8 Å². The molecule has 0 heterocycles. The molecule has 2 N–H and O–H groups in total. The Bertz CT molecular complexity index is 790. The van der Waals surface area contributed by atoms with Gasteiger partial charge in [-0.15, -0.1) is 0 Å². The quantitative estimate of drug-likeness (QED) is 0.709. The molecule has 0 spiro atoms. The first-order chi connectivity index (χ1) is 12.4. The van der Waals surface area contributed by atoms with Crippen LogP contribution in [0.25, 0.3) is 0 Å². The first kappa shape index (κ1) is 20.1. The predicted molar refractivity (Wildman–Crippen MR) is 103 cm³/mol. The minimum atomic E-state index is -3.78. The van der Waals surface area contributed by atoms with Crippen molar-refractivity contribution in [3.63, 3.8) is 0 Å². The van der Waals surface area contributed by atoms with Gasteiger partial charge >= 0.3 is 0 Å². The summed E-state index contributed by atoms with van der Waals surface area (Å²) in [7, 11) is -3.78. The third-order valence-electron chi connectivity index (χ3n) is 3.97. The average molecular weight is 375 g/mol. The molecule has 26 heavy (non-hydrogen) atoms. The number of hydrogen-bond acceptors (Lipinski definition) is 3. The molecule has 0 radical (unpaired) electrons. The zero-order chi connectivity index (χ0) is 19.0. The van der Waals surface area contributed by atoms with E-state index in [0.717, 1.165) is 12.0 Å². The molecule has 140 valence electrons. The van der Waals surface area contributed by atoms with Crippen molar-refractivity contribution in [2.24, 2.45) is 5.92 Å². The summed E-state index contributed by atoms with van der Waals surface area (Å²) in [6.45, 7) is 4.67. The van der Waals surface area contributed by atoms with Crippen LogP contribution in [-0.4, -0.2) is 26.9 Å². The molecule has 0 saturated heterocycles. The zero-order valence-electron chi connectivity index (χ0n) is 15.2. The van der Waals surface area contributed by atoms with Crippen molar-refractivity contribution in [1.82, 2.24) is 10.0 Å². The molecule has 0 bridgehead atoms. The number of rotatable bonds is 9. The summed E-state index contributed by atoms with van der Waals surface area (Å²) in [5, 5.41) is 2.84. The molecular weight excluding hydrogens is 348 g/mol. The van der Waals surface area contributed by atoms with E-state index in [1.54, 1.807) is 18.2 Å². The van der Waals surface area contributed by atoms with Crippen LogP contribution in [0.15, 0.2) is 65.6 Å². The topological polar surface area (TPSA) is 75.3 Å². The van der Waals surface area contributed by atoms with Crippen LogP contribution in [0.4, 0.5) is 0 Å². The third-order valence-corrected chi connectivity index (χ3v) is 5.46. The molecule has 0 aliphatic heterocycles. The van der Waals surface area contributed by atoms with Crippen LogP contribution in [-0.2, 0) is 21.2 Å². The Balaban J connectivity index is 2.15. The smallest absolute Gasteiger partial charge is 0.241 e. The Morgan fingerprint density at radius 2 is 1.54 bits per heavy atom. The van der Waals surface area contributed by atoms with Gasteiger partial charge < -0.3 is 5.32 Å². The van der Waals surface area contributed by atoms with E-state index in [-0.39, 0.29) is 10.8 Å². The number of benzene rings is 2. The maximum atomic E-state index is 12.6. The highest BCUT2D eigenvalue weighted by Crippen LogP contribution is 2.11. The maximum Gasteiger partial charge on any atom is 0.241 e. The molecule has 0 aliphatic carbocycles. The molecule has 5 nitrogen and oxygen atoms in total. The van der Waals surface area contributed by atoms with Crippen LogP contribution >= 0.6 is 0 Å². The summed E-state index contributed by atoms with van der Waals surface area (Å²) in [6, 6.07) is 16.6. The molecule has 2 aromatic carbocycles. The van der Waals surface area contributed by atoms with Gasteiger partial charge in [-0.05, 0) is 36.5 Å². The Morgan fingerprint density at radius 1 is 0.962 bits per heavy atom. The maximum absolute atomic E-state index is 12.6. The molecule has 2 aromatic rings. The van der Waals surface area contributed by atoms with E-state index in [0.29, 0.717) is 18.9 Å². The first-order valence-electron chi connectivity index (χ1n) is 8.77. The van der Waals surface area contributed by atoms with Crippen LogP contribution < -0.4 is 10.0 Å². The second-order valence-electron chi connectivity index (χ2n) is 6.65. The zero-order valence-corrected chi connectivity index (χ0v) is 16.0. The summed E-state index contributed by atoms with van der Waals surface area (Å²) >= 11 is 0. The fraction of sp³-hybridized carbons (Fsp3) is 0.350. The van der Waals surface area contributed by atoms with E-state index >= 15 is 0 Å². The van der Waals surface area contributed by atoms with Crippen LogP contribution in [0.5, 0.6) is 0 Å². The van der Waals surface area contributed by atoms with Gasteiger partial charge in [0.25, 0.3) is 0 Å². The molecule has 0 saturated carbocycles. The van der Waals surface area contributed by atoms with Gasteiger partial charge in [0.1, 0.15) is 6.04 Å². The fourth-order valence-corrected chi connectivity index (χ4v) is 3.72. The largest absolute Gasteiger partial charge is 0.355 e. The number of amides is 1. The summed E-state index contributed by atoms with van der Waals surface area (Å²) in [5.74, 6) is 0.151. The summed E-state index contributed by atoms with van der Waals surface area (Å²) in [6.07, 6.45) is 1.13. The van der Waals surface area contributed by atoms with E-state index < -0.39 is 16.1 Å². The Kier molecular flexibility index (Phi) is 7.36. The number of carbonyl (C=O) groups excluding carboxylic acids is 1. The van der Waals surface area contributed by atoms with Crippen molar-refractivity contribution in [2.75, 3.05) is 6.54 Å². The van der Waals surface area contributed by atoms with Crippen molar-refractivity contribution < 1.29 is 13.2 Å². The molecular formula is C20H26N2O3S. The van der Waals surface area contributed by atoms with Crippen molar-refractivity contribution in [3.8, 4) is 0 Å². The highest BCUT2D eigenvalue weighted by atomic mass is 32.2. The Morgan fingerprint density at radius 3 is 2.12 bits per heavy atom. The van der Waals surface area contributed by atoms with Crippen LogP contribution in [0, 0.1) is 5.92 Å². The number of carbonyl (C=O) groups is 1. The van der Waals surface area contributed by atoms with Gasteiger partial charge in [-0.25, -0.2) is 8.42 Å². The standard InChI is InChI=1S/C20H26N2O3S/c1-16(2)13-14-21-20(23)19(15-17-9-5-3-6-10-17)22-26(24,25)18-11-7-4-8-12-18/h3-12,16,19,22H,13-15H2,1-2H3,(H,21,23)/t19-/m1/s1. The van der Waals surface area contributed by atoms with Crippen molar-refractivity contribution >= 4 is 15.9 Å². The van der Waals surface area contributed by atoms with Crippen molar-refractivity contribution in [2.45, 2.75) is 37.6 Å². The van der Waals surface area contributed by atoms with E-state index in [4.69, 9.17) is 0 Å². The summed E-state index contributed by atoms with van der Waals surface area (Å²) < 4.78 is 27.8. The number of hydrogen-bond donors (Lipinski definition) is 2. The van der Waals surface area contributed by atoms with E-state index in [9.17, 15) is 13.2 Å². The molecule has 1 atom stereocenters. The van der Waals surface area contributed by atoms with Gasteiger partial charge in [-0.2, -0.15) is 4.72 Å². The van der Waals surface area contributed by atoms with Gasteiger partial charge in [0, 0.05) is 6.54 Å². The lowest BCUT2D eigenvalue weighted by molar-refractivity contribution is -0.122.